The molecule has 21 heavy (non-hydrogen) atoms. The van der Waals surface area contributed by atoms with E-state index in [1.54, 1.807) is 0 Å². The van der Waals surface area contributed by atoms with Crippen LogP contribution in [0.5, 0.6) is 0 Å². The quantitative estimate of drug-likeness (QED) is 0.660. The highest BCUT2D eigenvalue weighted by molar-refractivity contribution is 5.84. The molecule has 0 atom stereocenters. The average molecular weight is 284 g/mol. The van der Waals surface area contributed by atoms with E-state index in [0.29, 0.717) is 0 Å². The summed E-state index contributed by atoms with van der Waals surface area (Å²) in [4.78, 5) is 4.33. The summed E-state index contributed by atoms with van der Waals surface area (Å²) in [6, 6.07) is 8.47. The summed E-state index contributed by atoms with van der Waals surface area (Å²) in [5.74, 6) is 0.849. The number of aromatic nitrogens is 1. The summed E-state index contributed by atoms with van der Waals surface area (Å²) in [6.07, 6.45) is 10.7. The van der Waals surface area contributed by atoms with Gasteiger partial charge in [0.1, 0.15) is 0 Å². The SMILES string of the molecule is CC(C)CCCCCCNCc1cncc2ccccc12. The lowest BCUT2D eigenvalue weighted by Crippen LogP contribution is -2.15. The third-order valence-electron chi connectivity index (χ3n) is 3.95. The lowest BCUT2D eigenvalue weighted by molar-refractivity contribution is 0.512. The molecule has 2 nitrogen and oxygen atoms in total. The van der Waals surface area contributed by atoms with Crippen LogP contribution in [0.15, 0.2) is 36.7 Å². The summed E-state index contributed by atoms with van der Waals surface area (Å²) < 4.78 is 0. The van der Waals surface area contributed by atoms with E-state index in [9.17, 15) is 0 Å². The molecule has 0 radical (unpaired) electrons. The van der Waals surface area contributed by atoms with Crippen molar-refractivity contribution in [3.8, 4) is 0 Å². The van der Waals surface area contributed by atoms with Crippen LogP contribution in [0.3, 0.4) is 0 Å². The van der Waals surface area contributed by atoms with Crippen molar-refractivity contribution >= 4 is 10.8 Å². The zero-order valence-corrected chi connectivity index (χ0v) is 13.4. The number of rotatable bonds is 9. The Morgan fingerprint density at radius 2 is 1.81 bits per heavy atom. The molecule has 0 aliphatic rings. The third kappa shape index (κ3) is 5.47. The molecule has 0 bridgehead atoms. The van der Waals surface area contributed by atoms with Crippen molar-refractivity contribution in [1.82, 2.24) is 10.3 Å². The van der Waals surface area contributed by atoms with Gasteiger partial charge < -0.3 is 5.32 Å². The standard InChI is InChI=1S/C19H28N2/c1-16(2)9-5-3-4-8-12-20-14-18-15-21-13-17-10-6-7-11-19(17)18/h6-7,10-11,13,15-16,20H,3-5,8-9,12,14H2,1-2H3. The molecule has 0 saturated carbocycles. The summed E-state index contributed by atoms with van der Waals surface area (Å²) in [5, 5.41) is 6.10. The maximum absolute atomic E-state index is 4.33. The molecule has 1 aromatic carbocycles. The van der Waals surface area contributed by atoms with Gasteiger partial charge in [-0.1, -0.05) is 63.8 Å². The fourth-order valence-corrected chi connectivity index (χ4v) is 2.70. The number of nitrogens with zero attached hydrogens (tertiary/aromatic N) is 1. The van der Waals surface area contributed by atoms with Crippen LogP contribution < -0.4 is 5.32 Å². The van der Waals surface area contributed by atoms with E-state index in [4.69, 9.17) is 0 Å². The van der Waals surface area contributed by atoms with E-state index in [1.165, 1.54) is 48.4 Å². The summed E-state index contributed by atoms with van der Waals surface area (Å²) in [6.45, 7) is 6.63. The molecule has 0 aliphatic heterocycles. The number of fused-ring (bicyclic) bond motifs is 1. The number of hydrogen-bond acceptors (Lipinski definition) is 2. The van der Waals surface area contributed by atoms with Gasteiger partial charge in [0.2, 0.25) is 0 Å². The van der Waals surface area contributed by atoms with Crippen molar-refractivity contribution in [2.45, 2.75) is 52.5 Å². The molecule has 1 N–H and O–H groups in total. The number of hydrogen-bond donors (Lipinski definition) is 1. The predicted octanol–water partition coefficient (Wildman–Crippen LogP) is 4.93. The van der Waals surface area contributed by atoms with Crippen LogP contribution >= 0.6 is 0 Å². The Morgan fingerprint density at radius 1 is 1.00 bits per heavy atom. The summed E-state index contributed by atoms with van der Waals surface area (Å²) >= 11 is 0. The molecule has 1 aromatic heterocycles. The minimum absolute atomic E-state index is 0.849. The van der Waals surface area contributed by atoms with Crippen molar-refractivity contribution in [3.05, 3.63) is 42.2 Å². The topological polar surface area (TPSA) is 24.9 Å². The highest BCUT2D eigenvalue weighted by atomic mass is 14.8. The van der Waals surface area contributed by atoms with Gasteiger partial charge in [0.05, 0.1) is 0 Å². The molecule has 2 aromatic rings. The van der Waals surface area contributed by atoms with Crippen LogP contribution in [0.2, 0.25) is 0 Å². The maximum atomic E-state index is 4.33. The van der Waals surface area contributed by atoms with E-state index in [-0.39, 0.29) is 0 Å². The Labute approximate surface area is 129 Å². The summed E-state index contributed by atoms with van der Waals surface area (Å²) in [7, 11) is 0. The van der Waals surface area contributed by atoms with E-state index >= 15 is 0 Å². The van der Waals surface area contributed by atoms with Gasteiger partial charge in [-0.15, -0.1) is 0 Å². The molecule has 0 unspecified atom stereocenters. The molecule has 0 spiro atoms. The van der Waals surface area contributed by atoms with Gasteiger partial charge in [-0.05, 0) is 29.8 Å². The van der Waals surface area contributed by atoms with Crippen LogP contribution in [0, 0.1) is 5.92 Å². The van der Waals surface area contributed by atoms with Gasteiger partial charge in [0, 0.05) is 24.3 Å². The fourth-order valence-electron chi connectivity index (χ4n) is 2.70. The summed E-state index contributed by atoms with van der Waals surface area (Å²) in [5.41, 5.74) is 1.30. The van der Waals surface area contributed by atoms with Crippen LogP contribution in [-0.4, -0.2) is 11.5 Å². The lowest BCUT2D eigenvalue weighted by Gasteiger charge is -2.08. The van der Waals surface area contributed by atoms with E-state index < -0.39 is 0 Å². The first-order valence-electron chi connectivity index (χ1n) is 8.29. The van der Waals surface area contributed by atoms with E-state index in [1.807, 2.05) is 12.4 Å². The van der Waals surface area contributed by atoms with Gasteiger partial charge >= 0.3 is 0 Å². The first-order chi connectivity index (χ1) is 10.3. The van der Waals surface area contributed by atoms with Crippen LogP contribution in [0.4, 0.5) is 0 Å². The lowest BCUT2D eigenvalue weighted by atomic mass is 10.0. The first kappa shape index (κ1) is 16.0. The average Bonchev–Trinajstić information content (AvgIpc) is 2.50. The Hall–Kier alpha value is -1.41. The van der Waals surface area contributed by atoms with Gasteiger partial charge in [0.25, 0.3) is 0 Å². The molecule has 0 aliphatic carbocycles. The minimum Gasteiger partial charge on any atom is -0.313 e. The Bertz CT molecular complexity index is 529. The second kappa shape index (κ2) is 8.78. The van der Waals surface area contributed by atoms with Crippen LogP contribution in [-0.2, 0) is 6.54 Å². The molecule has 2 rings (SSSR count). The van der Waals surface area contributed by atoms with E-state index in [2.05, 4.69) is 48.4 Å². The highest BCUT2D eigenvalue weighted by Gasteiger charge is 2.00. The number of benzene rings is 1. The monoisotopic (exact) mass is 284 g/mol. The Kier molecular flexibility index (Phi) is 6.68. The van der Waals surface area contributed by atoms with E-state index in [0.717, 1.165) is 19.0 Å². The number of nitrogens with one attached hydrogen (secondary N) is 1. The molecule has 0 saturated heterocycles. The molecular formula is C19H28N2. The molecule has 1 heterocycles. The zero-order valence-electron chi connectivity index (χ0n) is 13.4. The molecule has 0 amide bonds. The molecule has 114 valence electrons. The maximum Gasteiger partial charge on any atom is 0.0346 e. The van der Waals surface area contributed by atoms with Crippen molar-refractivity contribution < 1.29 is 0 Å². The number of pyridine rings is 1. The van der Waals surface area contributed by atoms with Crippen molar-refractivity contribution in [2.24, 2.45) is 5.92 Å². The minimum atomic E-state index is 0.849. The predicted molar refractivity (Wildman–Crippen MR) is 91.4 cm³/mol. The largest absolute Gasteiger partial charge is 0.313 e. The van der Waals surface area contributed by atoms with Gasteiger partial charge in [-0.25, -0.2) is 0 Å². The van der Waals surface area contributed by atoms with Crippen molar-refractivity contribution in [1.29, 1.82) is 0 Å². The smallest absolute Gasteiger partial charge is 0.0346 e. The van der Waals surface area contributed by atoms with Gasteiger partial charge in [-0.3, -0.25) is 4.98 Å². The normalized spacial score (nSPS) is 11.4. The van der Waals surface area contributed by atoms with Gasteiger partial charge in [0.15, 0.2) is 0 Å². The fraction of sp³-hybridized carbons (Fsp3) is 0.526. The number of unbranched alkanes of at least 4 members (excludes halogenated alkanes) is 3. The third-order valence-corrected chi connectivity index (χ3v) is 3.95. The zero-order chi connectivity index (χ0) is 14.9. The highest BCUT2D eigenvalue weighted by Crippen LogP contribution is 2.16. The molecular weight excluding hydrogens is 256 g/mol. The second-order valence-corrected chi connectivity index (χ2v) is 6.29. The second-order valence-electron chi connectivity index (χ2n) is 6.29. The van der Waals surface area contributed by atoms with Crippen LogP contribution in [0.25, 0.3) is 10.8 Å². The van der Waals surface area contributed by atoms with Crippen molar-refractivity contribution in [3.63, 3.8) is 0 Å². The Morgan fingerprint density at radius 3 is 2.67 bits per heavy atom. The van der Waals surface area contributed by atoms with Gasteiger partial charge in [-0.2, -0.15) is 0 Å². The molecule has 2 heteroatoms. The Balaban J connectivity index is 1.66. The van der Waals surface area contributed by atoms with Crippen molar-refractivity contribution in [2.75, 3.05) is 6.54 Å². The molecule has 0 fully saturated rings. The van der Waals surface area contributed by atoms with Crippen LogP contribution in [0.1, 0.15) is 51.5 Å². The first-order valence-corrected chi connectivity index (χ1v) is 8.29.